The van der Waals surface area contributed by atoms with Crippen molar-refractivity contribution in [1.82, 2.24) is 10.2 Å². The summed E-state index contributed by atoms with van der Waals surface area (Å²) in [7, 11) is 0. The highest BCUT2D eigenvalue weighted by Crippen LogP contribution is 2.17. The largest absolute Gasteiger partial charge is 0.427 e. The summed E-state index contributed by atoms with van der Waals surface area (Å²) in [6.45, 7) is 4.08. The molecule has 0 aliphatic heterocycles. The van der Waals surface area contributed by atoms with Gasteiger partial charge in [0.15, 0.2) is 0 Å². The van der Waals surface area contributed by atoms with E-state index in [1.54, 1.807) is 0 Å². The number of aromatic nitrogens is 2. The average molecular weight is 152 g/mol. The third-order valence-corrected chi connectivity index (χ3v) is 1.56. The number of rotatable bonds is 3. The van der Waals surface area contributed by atoms with E-state index in [0.29, 0.717) is 5.89 Å². The van der Waals surface area contributed by atoms with Gasteiger partial charge in [-0.15, -0.1) is 10.2 Å². The van der Waals surface area contributed by atoms with Crippen LogP contribution >= 0.6 is 0 Å². The minimum Gasteiger partial charge on any atom is -0.427 e. The highest BCUT2D eigenvalue weighted by atomic mass is 16.4. The van der Waals surface area contributed by atoms with Crippen molar-refractivity contribution in [2.45, 2.75) is 26.2 Å². The van der Waals surface area contributed by atoms with Crippen LogP contribution in [-0.2, 0) is 0 Å². The zero-order valence-corrected chi connectivity index (χ0v) is 6.82. The first-order chi connectivity index (χ1) is 5.38. The van der Waals surface area contributed by atoms with Crippen LogP contribution in [0.3, 0.4) is 0 Å². The minimum absolute atomic E-state index is 0.280. The van der Waals surface area contributed by atoms with Gasteiger partial charge in [0, 0.05) is 0 Å². The van der Waals surface area contributed by atoms with Gasteiger partial charge < -0.3 is 4.42 Å². The monoisotopic (exact) mass is 152 g/mol. The number of allylic oxidation sites excluding steroid dienone is 2. The molecule has 3 heteroatoms. The Balaban J connectivity index is 2.71. The van der Waals surface area contributed by atoms with Crippen molar-refractivity contribution >= 4 is 0 Å². The third-order valence-electron chi connectivity index (χ3n) is 1.56. The van der Waals surface area contributed by atoms with Crippen LogP contribution < -0.4 is 0 Å². The Labute approximate surface area is 66.1 Å². The van der Waals surface area contributed by atoms with Crippen molar-refractivity contribution < 1.29 is 4.42 Å². The summed E-state index contributed by atoms with van der Waals surface area (Å²) in [5.41, 5.74) is 0. The molecule has 1 aromatic rings. The lowest BCUT2D eigenvalue weighted by Crippen LogP contribution is -1.92. The molecule has 11 heavy (non-hydrogen) atoms. The van der Waals surface area contributed by atoms with E-state index in [4.69, 9.17) is 4.42 Å². The quantitative estimate of drug-likeness (QED) is 0.623. The van der Waals surface area contributed by atoms with Crippen molar-refractivity contribution in [1.29, 1.82) is 0 Å². The van der Waals surface area contributed by atoms with Gasteiger partial charge in [-0.2, -0.15) is 0 Å². The molecule has 0 radical (unpaired) electrons. The fourth-order valence-electron chi connectivity index (χ4n) is 0.968. The molecule has 0 aliphatic rings. The van der Waals surface area contributed by atoms with E-state index in [-0.39, 0.29) is 5.92 Å². The van der Waals surface area contributed by atoms with Gasteiger partial charge in [0.1, 0.15) is 0 Å². The molecule has 0 fully saturated rings. The molecule has 0 saturated carbocycles. The lowest BCUT2D eigenvalue weighted by Gasteiger charge is -2.01. The molecule has 1 rings (SSSR count). The number of hydrogen-bond donors (Lipinski definition) is 0. The zero-order valence-electron chi connectivity index (χ0n) is 6.82. The van der Waals surface area contributed by atoms with Crippen LogP contribution in [0.25, 0.3) is 0 Å². The van der Waals surface area contributed by atoms with E-state index < -0.39 is 0 Å². The van der Waals surface area contributed by atoms with Gasteiger partial charge in [-0.25, -0.2) is 0 Å². The van der Waals surface area contributed by atoms with Gasteiger partial charge in [-0.1, -0.05) is 19.1 Å². The molecule has 1 atom stereocenters. The van der Waals surface area contributed by atoms with Crippen molar-refractivity contribution in [2.75, 3.05) is 0 Å². The average Bonchev–Trinajstić information content (AvgIpc) is 2.52. The standard InChI is InChI=1S/C8H12N2O/c1-3-5-7(4-2)8-10-9-6-11-8/h3,5-7H,4H2,1-2H3/b5-3-. The molecule has 1 heterocycles. The van der Waals surface area contributed by atoms with Gasteiger partial charge in [0.05, 0.1) is 5.92 Å². The number of hydrogen-bond acceptors (Lipinski definition) is 3. The predicted molar refractivity (Wildman–Crippen MR) is 42.1 cm³/mol. The maximum atomic E-state index is 5.07. The zero-order chi connectivity index (χ0) is 8.10. The van der Waals surface area contributed by atoms with Crippen LogP contribution in [0.15, 0.2) is 23.0 Å². The molecule has 0 saturated heterocycles. The normalized spacial score (nSPS) is 14.0. The highest BCUT2D eigenvalue weighted by molar-refractivity contribution is 5.01. The van der Waals surface area contributed by atoms with Gasteiger partial charge >= 0.3 is 0 Å². The second-order valence-corrected chi connectivity index (χ2v) is 2.32. The summed E-state index contributed by atoms with van der Waals surface area (Å²) in [6, 6.07) is 0. The maximum absolute atomic E-state index is 5.07. The third kappa shape index (κ3) is 1.90. The molecule has 1 aromatic heterocycles. The second-order valence-electron chi connectivity index (χ2n) is 2.32. The topological polar surface area (TPSA) is 38.9 Å². The van der Waals surface area contributed by atoms with Crippen molar-refractivity contribution in [3.8, 4) is 0 Å². The summed E-state index contributed by atoms with van der Waals surface area (Å²) >= 11 is 0. The Morgan fingerprint density at radius 3 is 3.00 bits per heavy atom. The molecule has 0 bridgehead atoms. The molecule has 0 spiro atoms. The first kappa shape index (κ1) is 7.98. The summed E-state index contributed by atoms with van der Waals surface area (Å²) in [5.74, 6) is 0.980. The Kier molecular flexibility index (Phi) is 2.83. The Morgan fingerprint density at radius 1 is 1.73 bits per heavy atom. The highest BCUT2D eigenvalue weighted by Gasteiger charge is 2.09. The van der Waals surface area contributed by atoms with Crippen molar-refractivity contribution in [3.05, 3.63) is 24.4 Å². The van der Waals surface area contributed by atoms with Crippen molar-refractivity contribution in [3.63, 3.8) is 0 Å². The van der Waals surface area contributed by atoms with Gasteiger partial charge in [-0.3, -0.25) is 0 Å². The fraction of sp³-hybridized carbons (Fsp3) is 0.500. The van der Waals surface area contributed by atoms with Gasteiger partial charge in [-0.05, 0) is 13.3 Å². The van der Waals surface area contributed by atoms with Crippen LogP contribution in [0.4, 0.5) is 0 Å². The molecule has 0 N–H and O–H groups in total. The molecule has 3 nitrogen and oxygen atoms in total. The second kappa shape index (κ2) is 3.91. The van der Waals surface area contributed by atoms with Gasteiger partial charge in [0.25, 0.3) is 0 Å². The Morgan fingerprint density at radius 2 is 2.55 bits per heavy atom. The summed E-state index contributed by atoms with van der Waals surface area (Å²) in [5, 5.41) is 7.46. The van der Waals surface area contributed by atoms with Crippen LogP contribution in [0.1, 0.15) is 32.1 Å². The van der Waals surface area contributed by atoms with Crippen LogP contribution in [0.5, 0.6) is 0 Å². The first-order valence-corrected chi connectivity index (χ1v) is 3.77. The van der Waals surface area contributed by atoms with Gasteiger partial charge in [0.2, 0.25) is 12.3 Å². The fourth-order valence-corrected chi connectivity index (χ4v) is 0.968. The molecular weight excluding hydrogens is 140 g/mol. The van der Waals surface area contributed by atoms with Crippen LogP contribution in [-0.4, -0.2) is 10.2 Å². The first-order valence-electron chi connectivity index (χ1n) is 3.77. The smallest absolute Gasteiger partial charge is 0.223 e. The molecule has 0 amide bonds. The lowest BCUT2D eigenvalue weighted by molar-refractivity contribution is 0.468. The lowest BCUT2D eigenvalue weighted by atomic mass is 10.1. The SMILES string of the molecule is C/C=C\C(CC)c1nnco1. The van der Waals surface area contributed by atoms with Crippen LogP contribution in [0, 0.1) is 0 Å². The Hall–Kier alpha value is -1.12. The number of nitrogens with zero attached hydrogens (tertiary/aromatic N) is 2. The van der Waals surface area contributed by atoms with E-state index >= 15 is 0 Å². The summed E-state index contributed by atoms with van der Waals surface area (Å²) in [6.07, 6.45) is 6.42. The van der Waals surface area contributed by atoms with E-state index in [9.17, 15) is 0 Å². The van der Waals surface area contributed by atoms with E-state index in [1.165, 1.54) is 6.39 Å². The molecule has 0 aliphatic carbocycles. The molecule has 60 valence electrons. The predicted octanol–water partition coefficient (Wildman–Crippen LogP) is 2.14. The van der Waals surface area contributed by atoms with E-state index in [0.717, 1.165) is 6.42 Å². The summed E-state index contributed by atoms with van der Waals surface area (Å²) < 4.78 is 5.07. The van der Waals surface area contributed by atoms with Crippen LogP contribution in [0.2, 0.25) is 0 Å². The summed E-state index contributed by atoms with van der Waals surface area (Å²) in [4.78, 5) is 0. The molecule has 1 unspecified atom stereocenters. The van der Waals surface area contributed by atoms with E-state index in [1.807, 2.05) is 13.0 Å². The maximum Gasteiger partial charge on any atom is 0.223 e. The van der Waals surface area contributed by atoms with E-state index in [2.05, 4.69) is 23.2 Å². The molecule has 0 aromatic carbocycles. The molecular formula is C8H12N2O. The minimum atomic E-state index is 0.280. The van der Waals surface area contributed by atoms with Crippen molar-refractivity contribution in [2.24, 2.45) is 0 Å². The Bertz CT molecular complexity index is 216.